The molecule has 0 heterocycles. The van der Waals surface area contributed by atoms with E-state index >= 15 is 0 Å². The fraction of sp³-hybridized carbons (Fsp3) is 0.0137. The van der Waals surface area contributed by atoms with Gasteiger partial charge in [0.15, 0.2) is 0 Å². The first-order valence-electron chi connectivity index (χ1n) is 25.4. The minimum absolute atomic E-state index is 0.409. The Morgan fingerprint density at radius 1 is 0.233 bits per heavy atom. The quantitative estimate of drug-likeness (QED) is 0.105. The molecule has 0 saturated carbocycles. The highest BCUT2D eigenvalue weighted by atomic mass is 14.5. The Labute approximate surface area is 426 Å². The molecule has 0 aromatic heterocycles. The predicted octanol–water partition coefficient (Wildman–Crippen LogP) is 19.5. The molecule has 0 bridgehead atoms. The van der Waals surface area contributed by atoms with Crippen LogP contribution in [0.15, 0.2) is 279 Å². The molecule has 13 aromatic rings. The summed E-state index contributed by atoms with van der Waals surface area (Å²) in [4.78, 5) is 0. The van der Waals surface area contributed by atoms with E-state index < -0.39 is 5.41 Å². The van der Waals surface area contributed by atoms with Gasteiger partial charge in [-0.05, 0) is 132 Å². The molecule has 13 aromatic carbocycles. The van der Waals surface area contributed by atoms with Crippen LogP contribution in [-0.4, -0.2) is 0 Å². The second kappa shape index (κ2) is 17.5. The zero-order chi connectivity index (χ0) is 48.3. The van der Waals surface area contributed by atoms with Gasteiger partial charge in [0.2, 0.25) is 0 Å². The first-order valence-corrected chi connectivity index (χ1v) is 25.4. The van der Waals surface area contributed by atoms with Crippen molar-refractivity contribution in [2.24, 2.45) is 0 Å². The van der Waals surface area contributed by atoms with Crippen LogP contribution in [0.4, 0.5) is 0 Å². The number of hydrogen-bond donors (Lipinski definition) is 0. The summed E-state index contributed by atoms with van der Waals surface area (Å²) >= 11 is 0. The predicted molar refractivity (Wildman–Crippen MR) is 311 cm³/mol. The number of benzene rings is 13. The average molecular weight is 925 g/mol. The summed E-state index contributed by atoms with van der Waals surface area (Å²) in [6.07, 6.45) is 4.51. The number of fused-ring (bicyclic) bond motifs is 7. The Morgan fingerprint density at radius 3 is 1.25 bits per heavy atom. The summed E-state index contributed by atoms with van der Waals surface area (Å²) in [5.74, 6) is 0. The van der Waals surface area contributed by atoms with Crippen molar-refractivity contribution in [3.05, 3.63) is 312 Å². The normalized spacial score (nSPS) is 12.7. The zero-order valence-electron chi connectivity index (χ0n) is 40.2. The second-order valence-electron chi connectivity index (χ2n) is 19.4. The van der Waals surface area contributed by atoms with Gasteiger partial charge in [-0.1, -0.05) is 291 Å². The largest absolute Gasteiger partial charge is 0.0713 e. The van der Waals surface area contributed by atoms with Gasteiger partial charge in [-0.15, -0.1) is 0 Å². The Kier molecular flexibility index (Phi) is 10.2. The maximum atomic E-state index is 2.35. The van der Waals surface area contributed by atoms with Gasteiger partial charge in [-0.3, -0.25) is 0 Å². The molecule has 340 valence electrons. The zero-order valence-corrected chi connectivity index (χ0v) is 40.2. The van der Waals surface area contributed by atoms with Crippen molar-refractivity contribution in [1.82, 2.24) is 0 Å². The van der Waals surface area contributed by atoms with Crippen LogP contribution in [0, 0.1) is 0 Å². The van der Waals surface area contributed by atoms with Gasteiger partial charge >= 0.3 is 0 Å². The standard InChI is InChI=1S/C73H48/c1-2-19-56(20-3-1)73(69-31-14-12-24-63(69)64-25-13-15-32-70(64)73)57-46-43-51(44-47-57)50-39-41-55(42-40-50)72-67-28-10-8-26-65(67)71(66-27-9-11-29-68(66)72)54-37-34-49(35-38-54)33-36-53-45-48-62(60-23-7-6-22-59(53)60)61-30-16-18-52-17-4-5-21-58(52)61/h1-48H. The second-order valence-corrected chi connectivity index (χ2v) is 19.4. The third-order valence-electron chi connectivity index (χ3n) is 15.6. The van der Waals surface area contributed by atoms with Crippen LogP contribution in [0.1, 0.15) is 33.4 Å². The maximum absolute atomic E-state index is 2.35. The SMILES string of the molecule is C(=Cc1ccc(-c2cccc3ccccc23)c2ccccc12)c1ccc(-c2c3ccccc3c(-c3ccc(-c4ccc(C5(c6ccccc6)c6ccccc6-c6ccccc65)cc4)cc3)c3ccccc23)cc1. The first-order chi connectivity index (χ1) is 36.2. The highest BCUT2D eigenvalue weighted by Gasteiger charge is 2.45. The molecule has 0 heteroatoms. The van der Waals surface area contributed by atoms with Gasteiger partial charge in [0.05, 0.1) is 5.41 Å². The van der Waals surface area contributed by atoms with Gasteiger partial charge in [-0.2, -0.15) is 0 Å². The first kappa shape index (κ1) is 42.5. The van der Waals surface area contributed by atoms with Gasteiger partial charge < -0.3 is 0 Å². The fourth-order valence-electron chi connectivity index (χ4n) is 12.3. The lowest BCUT2D eigenvalue weighted by atomic mass is 9.67. The lowest BCUT2D eigenvalue weighted by Crippen LogP contribution is -2.28. The summed E-state index contributed by atoms with van der Waals surface area (Å²) in [6.45, 7) is 0. The molecular weight excluding hydrogens is 877 g/mol. The molecule has 0 saturated heterocycles. The number of hydrogen-bond acceptors (Lipinski definition) is 0. The van der Waals surface area contributed by atoms with E-state index in [4.69, 9.17) is 0 Å². The molecule has 1 aliphatic rings. The Morgan fingerprint density at radius 2 is 0.644 bits per heavy atom. The molecule has 0 radical (unpaired) electrons. The molecule has 0 N–H and O–H groups in total. The van der Waals surface area contributed by atoms with E-state index in [9.17, 15) is 0 Å². The van der Waals surface area contributed by atoms with E-state index in [1.54, 1.807) is 0 Å². The minimum atomic E-state index is -0.409. The van der Waals surface area contributed by atoms with Gasteiger partial charge in [0.25, 0.3) is 0 Å². The smallest absolute Gasteiger partial charge is 0.0622 e. The van der Waals surface area contributed by atoms with Crippen LogP contribution in [0.25, 0.3) is 111 Å². The van der Waals surface area contributed by atoms with Gasteiger partial charge in [0, 0.05) is 0 Å². The highest BCUT2D eigenvalue weighted by molar-refractivity contribution is 6.21. The van der Waals surface area contributed by atoms with E-state index in [2.05, 4.69) is 291 Å². The molecule has 73 heavy (non-hydrogen) atoms. The molecule has 1 aliphatic carbocycles. The topological polar surface area (TPSA) is 0 Å². The third kappa shape index (κ3) is 6.91. The molecule has 0 nitrogen and oxygen atoms in total. The van der Waals surface area contributed by atoms with E-state index in [0.717, 1.165) is 5.56 Å². The van der Waals surface area contributed by atoms with Gasteiger partial charge in [-0.25, -0.2) is 0 Å². The van der Waals surface area contributed by atoms with E-state index in [0.29, 0.717) is 0 Å². The molecule has 0 aliphatic heterocycles. The monoisotopic (exact) mass is 924 g/mol. The lowest BCUT2D eigenvalue weighted by Gasteiger charge is -2.34. The Balaban J connectivity index is 0.789. The van der Waals surface area contributed by atoms with Crippen LogP contribution in [0.5, 0.6) is 0 Å². The summed E-state index contributed by atoms with van der Waals surface area (Å²) < 4.78 is 0. The fourth-order valence-corrected chi connectivity index (χ4v) is 12.3. The molecule has 0 unspecified atom stereocenters. The van der Waals surface area contributed by atoms with Crippen molar-refractivity contribution in [3.63, 3.8) is 0 Å². The summed E-state index contributed by atoms with van der Waals surface area (Å²) in [7, 11) is 0. The summed E-state index contributed by atoms with van der Waals surface area (Å²) in [5, 5.41) is 10.0. The van der Waals surface area contributed by atoms with Crippen LogP contribution in [0.3, 0.4) is 0 Å². The molecule has 14 rings (SSSR count). The van der Waals surface area contributed by atoms with Crippen molar-refractivity contribution >= 4 is 55.2 Å². The molecular formula is C73H48. The van der Waals surface area contributed by atoms with Crippen molar-refractivity contribution in [1.29, 1.82) is 0 Å². The molecule has 0 amide bonds. The molecule has 0 spiro atoms. The van der Waals surface area contributed by atoms with E-state index in [1.165, 1.54) is 127 Å². The summed E-state index contributed by atoms with van der Waals surface area (Å²) in [6, 6.07) is 103. The Bertz CT molecular complexity index is 4160. The lowest BCUT2D eigenvalue weighted by molar-refractivity contribution is 0.768. The highest BCUT2D eigenvalue weighted by Crippen LogP contribution is 2.56. The van der Waals surface area contributed by atoms with Crippen molar-refractivity contribution in [2.75, 3.05) is 0 Å². The third-order valence-corrected chi connectivity index (χ3v) is 15.6. The van der Waals surface area contributed by atoms with E-state index in [-0.39, 0.29) is 0 Å². The minimum Gasteiger partial charge on any atom is -0.0622 e. The van der Waals surface area contributed by atoms with Crippen molar-refractivity contribution in [2.45, 2.75) is 5.41 Å². The van der Waals surface area contributed by atoms with Crippen LogP contribution < -0.4 is 0 Å². The van der Waals surface area contributed by atoms with Gasteiger partial charge in [0.1, 0.15) is 0 Å². The van der Waals surface area contributed by atoms with Crippen LogP contribution >= 0.6 is 0 Å². The van der Waals surface area contributed by atoms with Crippen molar-refractivity contribution in [3.8, 4) is 55.6 Å². The maximum Gasteiger partial charge on any atom is 0.0713 e. The van der Waals surface area contributed by atoms with Crippen molar-refractivity contribution < 1.29 is 0 Å². The number of rotatable bonds is 8. The van der Waals surface area contributed by atoms with E-state index in [1.807, 2.05) is 0 Å². The molecule has 0 fully saturated rings. The summed E-state index contributed by atoms with van der Waals surface area (Å²) in [5.41, 5.74) is 19.6. The average Bonchev–Trinajstić information content (AvgIpc) is 3.82. The Hall–Kier alpha value is -9.36. The van der Waals surface area contributed by atoms with Crippen LogP contribution in [0.2, 0.25) is 0 Å². The molecule has 0 atom stereocenters. The van der Waals surface area contributed by atoms with Crippen LogP contribution in [-0.2, 0) is 5.41 Å².